The Morgan fingerprint density at radius 1 is 1.04 bits per heavy atom. The largest absolute Gasteiger partial charge is 0.452 e. The number of halogens is 2. The zero-order chi connectivity index (χ0) is 16.8. The van der Waals surface area contributed by atoms with E-state index in [1.165, 1.54) is 17.7 Å². The van der Waals surface area contributed by atoms with Gasteiger partial charge >= 0.3 is 5.97 Å². The van der Waals surface area contributed by atoms with Crippen molar-refractivity contribution in [1.82, 2.24) is 0 Å². The van der Waals surface area contributed by atoms with E-state index in [1.54, 1.807) is 18.2 Å². The van der Waals surface area contributed by atoms with Gasteiger partial charge in [0.2, 0.25) is 0 Å². The number of carbonyl (C=O) groups excluding carboxylic acids is 2. The highest BCUT2D eigenvalue weighted by Crippen LogP contribution is 2.24. The van der Waals surface area contributed by atoms with E-state index < -0.39 is 18.5 Å². The summed E-state index contributed by atoms with van der Waals surface area (Å²) < 4.78 is 4.95. The highest BCUT2D eigenvalue weighted by Gasteiger charge is 2.17. The van der Waals surface area contributed by atoms with E-state index in [-0.39, 0.29) is 15.6 Å². The first-order chi connectivity index (χ1) is 11.0. The van der Waals surface area contributed by atoms with Crippen molar-refractivity contribution in [2.75, 3.05) is 11.9 Å². The van der Waals surface area contributed by atoms with Crippen molar-refractivity contribution in [2.45, 2.75) is 13.3 Å². The van der Waals surface area contributed by atoms with Gasteiger partial charge in [0.25, 0.3) is 5.91 Å². The van der Waals surface area contributed by atoms with Gasteiger partial charge in [0.15, 0.2) is 6.61 Å². The number of hydrogen-bond acceptors (Lipinski definition) is 3. The SMILES string of the molecule is CCc1ccc(NC(=O)COC(=O)c2c(Cl)cccc2Cl)cc1. The smallest absolute Gasteiger partial charge is 0.341 e. The monoisotopic (exact) mass is 351 g/mol. The van der Waals surface area contributed by atoms with Gasteiger partial charge in [-0.3, -0.25) is 4.79 Å². The zero-order valence-corrected chi connectivity index (χ0v) is 13.9. The molecule has 0 aliphatic heterocycles. The Morgan fingerprint density at radius 3 is 2.22 bits per heavy atom. The Kier molecular flexibility index (Phi) is 6.02. The molecular formula is C17H15Cl2NO3. The molecule has 0 radical (unpaired) electrons. The Balaban J connectivity index is 1.92. The van der Waals surface area contributed by atoms with Gasteiger partial charge in [-0.05, 0) is 36.2 Å². The summed E-state index contributed by atoms with van der Waals surface area (Å²) in [4.78, 5) is 23.8. The van der Waals surface area contributed by atoms with Crippen molar-refractivity contribution in [1.29, 1.82) is 0 Å². The first-order valence-electron chi connectivity index (χ1n) is 7.01. The Hall–Kier alpha value is -2.04. The summed E-state index contributed by atoms with van der Waals surface area (Å²) in [6.07, 6.45) is 0.921. The fraction of sp³-hybridized carbons (Fsp3) is 0.176. The van der Waals surface area contributed by atoms with E-state index in [0.717, 1.165) is 6.42 Å². The molecule has 23 heavy (non-hydrogen) atoms. The molecule has 120 valence electrons. The van der Waals surface area contributed by atoms with Gasteiger partial charge in [-0.1, -0.05) is 48.3 Å². The molecule has 4 nitrogen and oxygen atoms in total. The van der Waals surface area contributed by atoms with Crippen molar-refractivity contribution >= 4 is 40.8 Å². The van der Waals surface area contributed by atoms with Crippen LogP contribution in [0.4, 0.5) is 5.69 Å². The molecule has 0 atom stereocenters. The van der Waals surface area contributed by atoms with Crippen LogP contribution in [0.1, 0.15) is 22.8 Å². The lowest BCUT2D eigenvalue weighted by Crippen LogP contribution is -2.21. The van der Waals surface area contributed by atoms with Crippen LogP contribution >= 0.6 is 23.2 Å². The van der Waals surface area contributed by atoms with E-state index in [0.29, 0.717) is 5.69 Å². The molecule has 2 aromatic rings. The number of anilines is 1. The third-order valence-electron chi connectivity index (χ3n) is 3.15. The third kappa shape index (κ3) is 4.71. The van der Waals surface area contributed by atoms with E-state index in [1.807, 2.05) is 19.1 Å². The van der Waals surface area contributed by atoms with Crippen LogP contribution in [0.15, 0.2) is 42.5 Å². The second kappa shape index (κ2) is 7.99. The van der Waals surface area contributed by atoms with Crippen molar-refractivity contribution < 1.29 is 14.3 Å². The minimum absolute atomic E-state index is 0.0518. The molecule has 1 N–H and O–H groups in total. The molecule has 0 aromatic heterocycles. The molecule has 6 heteroatoms. The fourth-order valence-corrected chi connectivity index (χ4v) is 2.47. The van der Waals surface area contributed by atoms with Crippen LogP contribution in [0, 0.1) is 0 Å². The maximum absolute atomic E-state index is 12.0. The molecule has 1 amide bonds. The number of nitrogens with one attached hydrogen (secondary N) is 1. The number of hydrogen-bond donors (Lipinski definition) is 1. The maximum Gasteiger partial charge on any atom is 0.341 e. The summed E-state index contributed by atoms with van der Waals surface area (Å²) in [6.45, 7) is 1.63. The van der Waals surface area contributed by atoms with Crippen molar-refractivity contribution in [3.05, 3.63) is 63.6 Å². The van der Waals surface area contributed by atoms with Gasteiger partial charge in [-0.25, -0.2) is 4.79 Å². The predicted molar refractivity (Wildman–Crippen MR) is 91.2 cm³/mol. The highest BCUT2D eigenvalue weighted by atomic mass is 35.5. The molecule has 0 bridgehead atoms. The molecular weight excluding hydrogens is 337 g/mol. The molecule has 0 fully saturated rings. The molecule has 0 aliphatic carbocycles. The molecule has 0 unspecified atom stereocenters. The van der Waals surface area contributed by atoms with Crippen LogP contribution in [-0.2, 0) is 16.0 Å². The average molecular weight is 352 g/mol. The number of esters is 1. The van der Waals surface area contributed by atoms with Crippen LogP contribution in [0.3, 0.4) is 0 Å². The van der Waals surface area contributed by atoms with Crippen molar-refractivity contribution in [3.8, 4) is 0 Å². The molecule has 2 rings (SSSR count). The topological polar surface area (TPSA) is 55.4 Å². The minimum Gasteiger partial charge on any atom is -0.452 e. The van der Waals surface area contributed by atoms with Crippen LogP contribution in [0.25, 0.3) is 0 Å². The van der Waals surface area contributed by atoms with E-state index in [2.05, 4.69) is 5.32 Å². The predicted octanol–water partition coefficient (Wildman–Crippen LogP) is 4.35. The second-order valence-corrected chi connectivity index (χ2v) is 5.59. The van der Waals surface area contributed by atoms with Gasteiger partial charge in [0, 0.05) is 5.69 Å². The molecule has 0 saturated heterocycles. The normalized spacial score (nSPS) is 10.2. The standard InChI is InChI=1S/C17H15Cl2NO3/c1-2-11-6-8-12(9-7-11)20-15(21)10-23-17(22)16-13(18)4-3-5-14(16)19/h3-9H,2,10H2,1H3,(H,20,21). The average Bonchev–Trinajstić information content (AvgIpc) is 2.53. The molecule has 2 aromatic carbocycles. The fourth-order valence-electron chi connectivity index (χ4n) is 1.92. The quantitative estimate of drug-likeness (QED) is 0.814. The summed E-state index contributed by atoms with van der Waals surface area (Å²) >= 11 is 11.8. The molecule has 0 saturated carbocycles. The highest BCUT2D eigenvalue weighted by molar-refractivity contribution is 6.39. The number of aryl methyl sites for hydroxylation is 1. The first kappa shape index (κ1) is 17.3. The lowest BCUT2D eigenvalue weighted by atomic mass is 10.1. The number of benzene rings is 2. The van der Waals surface area contributed by atoms with Gasteiger partial charge in [-0.15, -0.1) is 0 Å². The van der Waals surface area contributed by atoms with Gasteiger partial charge in [-0.2, -0.15) is 0 Å². The zero-order valence-electron chi connectivity index (χ0n) is 12.4. The summed E-state index contributed by atoms with van der Waals surface area (Å²) in [7, 11) is 0. The first-order valence-corrected chi connectivity index (χ1v) is 7.76. The minimum atomic E-state index is -0.739. The van der Waals surface area contributed by atoms with Crippen LogP contribution in [0.2, 0.25) is 10.0 Å². The summed E-state index contributed by atoms with van der Waals surface area (Å²) in [5, 5.41) is 3.00. The lowest BCUT2D eigenvalue weighted by molar-refractivity contribution is -0.119. The molecule has 0 aliphatic rings. The number of carbonyl (C=O) groups is 2. The van der Waals surface area contributed by atoms with Crippen LogP contribution < -0.4 is 5.32 Å². The van der Waals surface area contributed by atoms with Crippen molar-refractivity contribution in [3.63, 3.8) is 0 Å². The van der Waals surface area contributed by atoms with E-state index in [4.69, 9.17) is 27.9 Å². The maximum atomic E-state index is 12.0. The third-order valence-corrected chi connectivity index (χ3v) is 3.78. The Morgan fingerprint density at radius 2 is 1.65 bits per heavy atom. The number of amides is 1. The molecule has 0 heterocycles. The lowest BCUT2D eigenvalue weighted by Gasteiger charge is -2.09. The Bertz CT molecular complexity index is 694. The van der Waals surface area contributed by atoms with Crippen LogP contribution in [-0.4, -0.2) is 18.5 Å². The summed E-state index contributed by atoms with van der Waals surface area (Å²) in [5.74, 6) is -1.18. The van der Waals surface area contributed by atoms with Crippen molar-refractivity contribution in [2.24, 2.45) is 0 Å². The van der Waals surface area contributed by atoms with Gasteiger partial charge in [0.05, 0.1) is 15.6 Å². The summed E-state index contributed by atoms with van der Waals surface area (Å²) in [5.41, 5.74) is 1.86. The second-order valence-electron chi connectivity index (χ2n) is 4.77. The van der Waals surface area contributed by atoms with Crippen LogP contribution in [0.5, 0.6) is 0 Å². The molecule has 0 spiro atoms. The van der Waals surface area contributed by atoms with Gasteiger partial charge in [0.1, 0.15) is 0 Å². The number of rotatable bonds is 5. The number of ether oxygens (including phenoxy) is 1. The van der Waals surface area contributed by atoms with E-state index >= 15 is 0 Å². The Labute approximate surface area is 144 Å². The van der Waals surface area contributed by atoms with E-state index in [9.17, 15) is 9.59 Å². The summed E-state index contributed by atoms with van der Waals surface area (Å²) in [6, 6.07) is 12.1. The van der Waals surface area contributed by atoms with Gasteiger partial charge < -0.3 is 10.1 Å².